The van der Waals surface area contributed by atoms with Crippen LogP contribution in [0, 0.1) is 5.82 Å². The summed E-state index contributed by atoms with van der Waals surface area (Å²) in [6, 6.07) is 9.83. The molecule has 6 nitrogen and oxygen atoms in total. The number of hydrogen-bond acceptors (Lipinski definition) is 4. The Morgan fingerprint density at radius 2 is 1.80 bits per heavy atom. The van der Waals surface area contributed by atoms with E-state index in [1.165, 1.54) is 12.1 Å². The number of methoxy groups -OCH3 is 1. The maximum Gasteiger partial charge on any atom is 0.313 e. The Morgan fingerprint density at radius 1 is 1.09 bits per heavy atom. The van der Waals surface area contributed by atoms with Crippen LogP contribution in [0.3, 0.4) is 0 Å². The summed E-state index contributed by atoms with van der Waals surface area (Å²) in [5, 5.41) is 0.198. The predicted octanol–water partition coefficient (Wildman–Crippen LogP) is 5.97. The van der Waals surface area contributed by atoms with E-state index in [2.05, 4.69) is 4.98 Å². The Kier molecular flexibility index (Phi) is 7.67. The lowest BCUT2D eigenvalue weighted by atomic mass is 10.0. The van der Waals surface area contributed by atoms with E-state index >= 15 is 0 Å². The summed E-state index contributed by atoms with van der Waals surface area (Å²) >= 11 is 12.4. The highest BCUT2D eigenvalue weighted by Gasteiger charge is 2.23. The van der Waals surface area contributed by atoms with E-state index in [-0.39, 0.29) is 16.7 Å². The number of aromatic amines is 1. The molecular formula is C26H27Cl2FN3O3+. The minimum absolute atomic E-state index is 0.0290. The van der Waals surface area contributed by atoms with Crippen LogP contribution in [0.2, 0.25) is 10.0 Å². The Bertz CT molecular complexity index is 1250. The average Bonchev–Trinajstić information content (AvgIpc) is 2.87. The molecule has 184 valence electrons. The molecule has 0 spiro atoms. The monoisotopic (exact) mass is 518 g/mol. The number of piperidine rings is 1. The van der Waals surface area contributed by atoms with E-state index in [4.69, 9.17) is 38.4 Å². The number of halogens is 3. The van der Waals surface area contributed by atoms with Crippen molar-refractivity contribution in [1.82, 2.24) is 4.90 Å². The van der Waals surface area contributed by atoms with Gasteiger partial charge in [0.25, 0.3) is 5.91 Å². The van der Waals surface area contributed by atoms with Gasteiger partial charge in [-0.05, 0) is 56.0 Å². The number of carbonyl (C=O) groups is 1. The van der Waals surface area contributed by atoms with Gasteiger partial charge in [0.2, 0.25) is 5.75 Å². The number of nitrogens with one attached hydrogen (secondary N) is 1. The molecule has 1 aromatic heterocycles. The van der Waals surface area contributed by atoms with Crippen LogP contribution in [0.5, 0.6) is 11.5 Å². The number of benzene rings is 2. The van der Waals surface area contributed by atoms with Crippen molar-refractivity contribution < 1.29 is 23.6 Å². The first-order chi connectivity index (χ1) is 16.8. The number of amides is 1. The number of anilines is 1. The molecule has 1 aliphatic heterocycles. The first-order valence-electron chi connectivity index (χ1n) is 11.4. The molecule has 0 bridgehead atoms. The van der Waals surface area contributed by atoms with Crippen molar-refractivity contribution in [3.05, 3.63) is 69.6 Å². The summed E-state index contributed by atoms with van der Waals surface area (Å²) in [6.07, 6.45) is 4.24. The number of aromatic nitrogens is 1. The molecule has 1 amide bonds. The van der Waals surface area contributed by atoms with Gasteiger partial charge >= 0.3 is 5.82 Å². The summed E-state index contributed by atoms with van der Waals surface area (Å²) in [4.78, 5) is 17.9. The summed E-state index contributed by atoms with van der Waals surface area (Å²) in [5.41, 5.74) is 8.52. The van der Waals surface area contributed by atoms with Crippen molar-refractivity contribution in [2.75, 3.05) is 25.9 Å². The molecule has 1 unspecified atom stereocenters. The van der Waals surface area contributed by atoms with Crippen molar-refractivity contribution >= 4 is 34.9 Å². The number of nitrogens with two attached hydrogens (primary N) is 1. The van der Waals surface area contributed by atoms with E-state index in [9.17, 15) is 9.18 Å². The van der Waals surface area contributed by atoms with Gasteiger partial charge in [0.1, 0.15) is 17.7 Å². The molecule has 1 aliphatic rings. The molecule has 0 saturated carbocycles. The number of likely N-dealkylation sites (tertiary alicyclic amines) is 1. The molecule has 3 N–H and O–H groups in total. The lowest BCUT2D eigenvalue weighted by molar-refractivity contribution is -0.360. The highest BCUT2D eigenvalue weighted by Crippen LogP contribution is 2.37. The quantitative estimate of drug-likeness (QED) is 0.407. The van der Waals surface area contributed by atoms with Gasteiger partial charge in [-0.1, -0.05) is 29.3 Å². The Balaban J connectivity index is 1.62. The van der Waals surface area contributed by atoms with Gasteiger partial charge in [-0.25, -0.2) is 9.37 Å². The number of hydrogen-bond donors (Lipinski definition) is 1. The van der Waals surface area contributed by atoms with E-state index in [1.54, 1.807) is 32.4 Å². The second-order valence-electron chi connectivity index (χ2n) is 8.45. The largest absolute Gasteiger partial charge is 0.496 e. The Morgan fingerprint density at radius 3 is 2.51 bits per heavy atom. The lowest BCUT2D eigenvalue weighted by Crippen LogP contribution is -2.35. The van der Waals surface area contributed by atoms with Crippen molar-refractivity contribution in [3.63, 3.8) is 0 Å². The Hall–Kier alpha value is -3.03. The van der Waals surface area contributed by atoms with Crippen molar-refractivity contribution in [1.29, 1.82) is 0 Å². The van der Waals surface area contributed by atoms with Crippen molar-refractivity contribution in [2.24, 2.45) is 0 Å². The molecular weight excluding hydrogens is 492 g/mol. The number of nitrogens with zero attached hydrogens (tertiary/aromatic N) is 1. The first-order valence-corrected chi connectivity index (χ1v) is 12.1. The molecule has 4 rings (SSSR count). The minimum atomic E-state index is -0.671. The topological polar surface area (TPSA) is 78.9 Å². The van der Waals surface area contributed by atoms with Crippen LogP contribution < -0.4 is 20.2 Å². The van der Waals surface area contributed by atoms with E-state index in [0.717, 1.165) is 43.5 Å². The van der Waals surface area contributed by atoms with Gasteiger partial charge in [0, 0.05) is 35.3 Å². The van der Waals surface area contributed by atoms with Crippen LogP contribution >= 0.6 is 23.2 Å². The molecule has 2 aromatic carbocycles. The second kappa shape index (κ2) is 10.7. The molecule has 2 heterocycles. The summed E-state index contributed by atoms with van der Waals surface area (Å²) < 4.78 is 25.6. The first kappa shape index (κ1) is 25.1. The fourth-order valence-corrected chi connectivity index (χ4v) is 4.91. The zero-order valence-electron chi connectivity index (χ0n) is 19.5. The van der Waals surface area contributed by atoms with Gasteiger partial charge in [-0.3, -0.25) is 10.5 Å². The zero-order chi connectivity index (χ0) is 25.1. The summed E-state index contributed by atoms with van der Waals surface area (Å²) in [7, 11) is 1.55. The number of H-pyrrole nitrogens is 1. The molecule has 1 atom stereocenters. The number of ether oxygens (including phenoxy) is 2. The lowest BCUT2D eigenvalue weighted by Gasteiger charge is -2.27. The molecule has 35 heavy (non-hydrogen) atoms. The fourth-order valence-electron chi connectivity index (χ4n) is 4.23. The fraction of sp³-hybridized carbons (Fsp3) is 0.308. The highest BCUT2D eigenvalue weighted by molar-refractivity contribution is 6.36. The molecule has 0 aliphatic carbocycles. The maximum absolute atomic E-state index is 14.0. The zero-order valence-corrected chi connectivity index (χ0v) is 21.0. The highest BCUT2D eigenvalue weighted by atomic mass is 35.5. The van der Waals surface area contributed by atoms with Crippen LogP contribution in [0.25, 0.3) is 11.1 Å². The smallest absolute Gasteiger partial charge is 0.313 e. The standard InChI is InChI=1S/C26H26Cl2FN3O3/c1-15(23-19(27)8-9-20(29)24(23)28)35-22-13-17(14-31-25(22)30)16-6-7-18(21(12-16)34-2)26(33)32-10-4-3-5-11-32/h6-9,12-15H,3-5,10-11H2,1-2H3,(H2,30,31)/p+1. The minimum Gasteiger partial charge on any atom is -0.496 e. The third-order valence-corrected chi connectivity index (χ3v) is 6.85. The molecule has 1 fully saturated rings. The third kappa shape index (κ3) is 5.31. The van der Waals surface area contributed by atoms with Crippen LogP contribution in [-0.2, 0) is 0 Å². The van der Waals surface area contributed by atoms with Gasteiger partial charge in [-0.15, -0.1) is 0 Å². The Labute approximate surface area is 213 Å². The molecule has 9 heteroatoms. The molecule has 3 aromatic rings. The number of nitrogen functional groups attached to an aromatic ring is 1. The molecule has 1 saturated heterocycles. The van der Waals surface area contributed by atoms with Crippen LogP contribution in [0.4, 0.5) is 10.2 Å². The molecule has 0 radical (unpaired) electrons. The van der Waals surface area contributed by atoms with Gasteiger partial charge < -0.3 is 14.4 Å². The normalized spacial score (nSPS) is 14.5. The average molecular weight is 519 g/mol. The predicted molar refractivity (Wildman–Crippen MR) is 135 cm³/mol. The second-order valence-corrected chi connectivity index (χ2v) is 9.24. The van der Waals surface area contributed by atoms with Gasteiger partial charge in [-0.2, -0.15) is 0 Å². The van der Waals surface area contributed by atoms with Gasteiger partial charge in [0.15, 0.2) is 0 Å². The number of pyridine rings is 1. The number of carbonyl (C=O) groups excluding carboxylic acids is 1. The van der Waals surface area contributed by atoms with E-state index in [0.29, 0.717) is 27.6 Å². The third-order valence-electron chi connectivity index (χ3n) is 6.13. The van der Waals surface area contributed by atoms with E-state index in [1.807, 2.05) is 17.0 Å². The summed E-state index contributed by atoms with van der Waals surface area (Å²) in [6.45, 7) is 3.23. The van der Waals surface area contributed by atoms with Crippen LogP contribution in [0.1, 0.15) is 48.2 Å². The SMILES string of the molecule is COc1cc(-c2c[nH+]c(N)c(OC(C)c3c(Cl)ccc(F)c3Cl)c2)ccc1C(=O)N1CCCCC1. The van der Waals surface area contributed by atoms with E-state index < -0.39 is 11.9 Å². The summed E-state index contributed by atoms with van der Waals surface area (Å²) in [5.74, 6) is 0.510. The maximum atomic E-state index is 14.0. The number of rotatable bonds is 6. The van der Waals surface area contributed by atoms with Crippen LogP contribution in [0.15, 0.2) is 42.6 Å². The van der Waals surface area contributed by atoms with Gasteiger partial charge in [0.05, 0.1) is 23.9 Å². The van der Waals surface area contributed by atoms with Crippen LogP contribution in [-0.4, -0.2) is 31.0 Å². The van der Waals surface area contributed by atoms with Crippen molar-refractivity contribution in [3.8, 4) is 22.6 Å². The van der Waals surface area contributed by atoms with Crippen molar-refractivity contribution in [2.45, 2.75) is 32.3 Å².